The van der Waals surface area contributed by atoms with Crippen LogP contribution in [-0.4, -0.2) is 29.0 Å². The maximum atomic E-state index is 5.57. The monoisotopic (exact) mass is 209 g/mol. The summed E-state index contributed by atoms with van der Waals surface area (Å²) in [6.45, 7) is 3.93. The van der Waals surface area contributed by atoms with Crippen molar-refractivity contribution in [3.8, 4) is 0 Å². The summed E-state index contributed by atoms with van der Waals surface area (Å²) < 4.78 is 7.40. The highest BCUT2D eigenvalue weighted by molar-refractivity contribution is 5.45. The largest absolute Gasteiger partial charge is 0.382 e. The molecule has 1 saturated heterocycles. The van der Waals surface area contributed by atoms with Crippen molar-refractivity contribution < 1.29 is 4.74 Å². The van der Waals surface area contributed by atoms with Gasteiger partial charge in [0.05, 0.1) is 17.5 Å². The third kappa shape index (κ3) is 2.72. The van der Waals surface area contributed by atoms with Crippen LogP contribution in [0.1, 0.15) is 25.0 Å². The number of rotatable bonds is 4. The Labute approximate surface area is 90.6 Å². The van der Waals surface area contributed by atoms with Crippen molar-refractivity contribution in [1.29, 1.82) is 0 Å². The lowest BCUT2D eigenvalue weighted by atomic mass is 10.2. The van der Waals surface area contributed by atoms with E-state index in [2.05, 4.69) is 10.4 Å². The van der Waals surface area contributed by atoms with Gasteiger partial charge in [0.15, 0.2) is 0 Å². The molecule has 0 aromatic carbocycles. The summed E-state index contributed by atoms with van der Waals surface area (Å²) in [5, 5.41) is 7.68. The molecule has 0 saturated carbocycles. The van der Waals surface area contributed by atoms with Crippen molar-refractivity contribution in [2.45, 2.75) is 32.3 Å². The van der Waals surface area contributed by atoms with Gasteiger partial charge in [0.1, 0.15) is 0 Å². The summed E-state index contributed by atoms with van der Waals surface area (Å²) in [6, 6.07) is 0. The second kappa shape index (κ2) is 4.66. The Morgan fingerprint density at radius 2 is 2.53 bits per heavy atom. The molecule has 2 heterocycles. The molecule has 0 bridgehead atoms. The fraction of sp³-hybridized carbons (Fsp3) is 0.727. The standard InChI is InChI=1S/C11H19N3O/c1-9-11(8-14(2)13-9)12-6-5-10-4-3-7-15-10/h8,10,12H,3-7H2,1-2H3. The minimum atomic E-state index is 0.467. The quantitative estimate of drug-likeness (QED) is 0.820. The van der Waals surface area contributed by atoms with E-state index in [4.69, 9.17) is 4.74 Å². The van der Waals surface area contributed by atoms with Gasteiger partial charge in [-0.1, -0.05) is 0 Å². The van der Waals surface area contributed by atoms with E-state index in [0.29, 0.717) is 6.10 Å². The lowest BCUT2D eigenvalue weighted by Gasteiger charge is -2.09. The summed E-state index contributed by atoms with van der Waals surface area (Å²) in [5.74, 6) is 0. The minimum Gasteiger partial charge on any atom is -0.382 e. The maximum Gasteiger partial charge on any atom is 0.0824 e. The van der Waals surface area contributed by atoms with Gasteiger partial charge in [0.25, 0.3) is 0 Å². The molecule has 1 aromatic rings. The van der Waals surface area contributed by atoms with Crippen LogP contribution in [0.2, 0.25) is 0 Å². The molecular formula is C11H19N3O. The summed E-state index contributed by atoms with van der Waals surface area (Å²) in [4.78, 5) is 0. The number of aryl methyl sites for hydroxylation is 2. The van der Waals surface area contributed by atoms with Crippen LogP contribution in [0.5, 0.6) is 0 Å². The molecule has 1 N–H and O–H groups in total. The number of ether oxygens (including phenoxy) is 1. The molecule has 1 aliphatic heterocycles. The van der Waals surface area contributed by atoms with E-state index in [-0.39, 0.29) is 0 Å². The molecule has 1 unspecified atom stereocenters. The average molecular weight is 209 g/mol. The van der Waals surface area contributed by atoms with Gasteiger partial charge in [-0.15, -0.1) is 0 Å². The molecule has 4 heteroatoms. The van der Waals surface area contributed by atoms with E-state index in [1.807, 2.05) is 24.9 Å². The van der Waals surface area contributed by atoms with Gasteiger partial charge < -0.3 is 10.1 Å². The van der Waals surface area contributed by atoms with Gasteiger partial charge in [-0.3, -0.25) is 4.68 Å². The van der Waals surface area contributed by atoms with E-state index in [9.17, 15) is 0 Å². The van der Waals surface area contributed by atoms with E-state index >= 15 is 0 Å². The second-order valence-electron chi connectivity index (χ2n) is 4.15. The SMILES string of the molecule is Cc1nn(C)cc1NCCC1CCCO1. The van der Waals surface area contributed by atoms with Gasteiger partial charge in [0.2, 0.25) is 0 Å². The molecule has 0 spiro atoms. The van der Waals surface area contributed by atoms with Crippen molar-refractivity contribution in [2.75, 3.05) is 18.5 Å². The molecule has 0 aliphatic carbocycles. The number of nitrogens with one attached hydrogen (secondary N) is 1. The molecule has 2 rings (SSSR count). The number of hydrogen-bond donors (Lipinski definition) is 1. The first-order chi connectivity index (χ1) is 7.25. The van der Waals surface area contributed by atoms with Crippen LogP contribution in [0, 0.1) is 6.92 Å². The predicted octanol–water partition coefficient (Wildman–Crippen LogP) is 1.71. The van der Waals surface area contributed by atoms with Gasteiger partial charge in [0, 0.05) is 26.4 Å². The number of aromatic nitrogens is 2. The van der Waals surface area contributed by atoms with Gasteiger partial charge in [-0.2, -0.15) is 5.10 Å². The molecule has 1 aromatic heterocycles. The van der Waals surface area contributed by atoms with Gasteiger partial charge in [-0.05, 0) is 26.2 Å². The van der Waals surface area contributed by atoms with Crippen LogP contribution in [0.3, 0.4) is 0 Å². The molecule has 1 atom stereocenters. The number of nitrogens with zero attached hydrogens (tertiary/aromatic N) is 2. The Morgan fingerprint density at radius 3 is 3.13 bits per heavy atom. The molecule has 1 aliphatic rings. The molecule has 15 heavy (non-hydrogen) atoms. The molecule has 1 fully saturated rings. The van der Waals surface area contributed by atoms with E-state index in [1.54, 1.807) is 0 Å². The van der Waals surface area contributed by atoms with Crippen LogP contribution in [0.4, 0.5) is 5.69 Å². The average Bonchev–Trinajstić information content (AvgIpc) is 2.77. The van der Waals surface area contributed by atoms with Crippen molar-refractivity contribution in [2.24, 2.45) is 7.05 Å². The summed E-state index contributed by atoms with van der Waals surface area (Å²) in [5.41, 5.74) is 2.19. The Kier molecular flexibility index (Phi) is 3.26. The molecular weight excluding hydrogens is 190 g/mol. The maximum absolute atomic E-state index is 5.57. The fourth-order valence-corrected chi connectivity index (χ4v) is 2.01. The first-order valence-corrected chi connectivity index (χ1v) is 5.61. The Morgan fingerprint density at radius 1 is 1.67 bits per heavy atom. The Balaban J connectivity index is 1.75. The highest BCUT2D eigenvalue weighted by Crippen LogP contribution is 2.16. The highest BCUT2D eigenvalue weighted by Gasteiger charge is 2.14. The van der Waals surface area contributed by atoms with Crippen LogP contribution < -0.4 is 5.32 Å². The minimum absolute atomic E-state index is 0.467. The number of anilines is 1. The topological polar surface area (TPSA) is 39.1 Å². The van der Waals surface area contributed by atoms with Crippen LogP contribution in [0.15, 0.2) is 6.20 Å². The highest BCUT2D eigenvalue weighted by atomic mass is 16.5. The first kappa shape index (κ1) is 10.5. The van der Waals surface area contributed by atoms with Gasteiger partial charge >= 0.3 is 0 Å². The summed E-state index contributed by atoms with van der Waals surface area (Å²) in [6.07, 6.45) is 6.01. The van der Waals surface area contributed by atoms with Crippen molar-refractivity contribution in [3.63, 3.8) is 0 Å². The molecule has 4 nitrogen and oxygen atoms in total. The molecule has 0 amide bonds. The zero-order chi connectivity index (χ0) is 10.7. The third-order valence-electron chi connectivity index (χ3n) is 2.82. The van der Waals surface area contributed by atoms with E-state index in [1.165, 1.54) is 12.8 Å². The third-order valence-corrected chi connectivity index (χ3v) is 2.82. The molecule has 84 valence electrons. The predicted molar refractivity (Wildman–Crippen MR) is 60.0 cm³/mol. The van der Waals surface area contributed by atoms with Crippen LogP contribution >= 0.6 is 0 Å². The van der Waals surface area contributed by atoms with Crippen LogP contribution in [0.25, 0.3) is 0 Å². The summed E-state index contributed by atoms with van der Waals surface area (Å²) >= 11 is 0. The zero-order valence-electron chi connectivity index (χ0n) is 9.49. The first-order valence-electron chi connectivity index (χ1n) is 5.61. The van der Waals surface area contributed by atoms with Crippen molar-refractivity contribution in [3.05, 3.63) is 11.9 Å². The number of hydrogen-bond acceptors (Lipinski definition) is 3. The second-order valence-corrected chi connectivity index (χ2v) is 4.15. The lowest BCUT2D eigenvalue weighted by Crippen LogP contribution is -2.12. The Hall–Kier alpha value is -1.03. The van der Waals surface area contributed by atoms with E-state index in [0.717, 1.165) is 31.0 Å². The lowest BCUT2D eigenvalue weighted by molar-refractivity contribution is 0.107. The summed E-state index contributed by atoms with van der Waals surface area (Å²) in [7, 11) is 1.94. The smallest absolute Gasteiger partial charge is 0.0824 e. The van der Waals surface area contributed by atoms with Crippen molar-refractivity contribution >= 4 is 5.69 Å². The van der Waals surface area contributed by atoms with E-state index < -0.39 is 0 Å². The molecule has 0 radical (unpaired) electrons. The van der Waals surface area contributed by atoms with Gasteiger partial charge in [-0.25, -0.2) is 0 Å². The van der Waals surface area contributed by atoms with Crippen LogP contribution in [-0.2, 0) is 11.8 Å². The van der Waals surface area contributed by atoms with Crippen molar-refractivity contribution in [1.82, 2.24) is 9.78 Å². The normalized spacial score (nSPS) is 20.8. The Bertz CT molecular complexity index is 316. The fourth-order valence-electron chi connectivity index (χ4n) is 2.01. The zero-order valence-corrected chi connectivity index (χ0v) is 9.49.